The van der Waals surface area contributed by atoms with Crippen LogP contribution in [0.25, 0.3) is 10.7 Å². The quantitative estimate of drug-likeness (QED) is 0.887. The summed E-state index contributed by atoms with van der Waals surface area (Å²) in [5.41, 5.74) is 7.83. The fraction of sp³-hybridized carbons (Fsp3) is 0.455. The van der Waals surface area contributed by atoms with E-state index in [-0.39, 0.29) is 6.04 Å². The molecule has 2 N–H and O–H groups in total. The van der Waals surface area contributed by atoms with Crippen molar-refractivity contribution in [3.8, 4) is 10.7 Å². The van der Waals surface area contributed by atoms with E-state index in [9.17, 15) is 0 Å². The van der Waals surface area contributed by atoms with E-state index in [1.54, 1.807) is 11.3 Å². The van der Waals surface area contributed by atoms with Crippen molar-refractivity contribution in [2.75, 3.05) is 0 Å². The van der Waals surface area contributed by atoms with Crippen LogP contribution in [0.15, 0.2) is 17.6 Å². The number of aromatic nitrogens is 3. The summed E-state index contributed by atoms with van der Waals surface area (Å²) in [4.78, 5) is 4.53. The molecule has 2 rings (SSSR count). The lowest BCUT2D eigenvalue weighted by molar-refractivity contribution is 0.608. The van der Waals surface area contributed by atoms with E-state index in [0.717, 1.165) is 29.4 Å². The Hall–Kier alpha value is -1.20. The third kappa shape index (κ3) is 2.15. The average molecular weight is 236 g/mol. The number of nitrogens with two attached hydrogens (primary N) is 1. The van der Waals surface area contributed by atoms with Gasteiger partial charge >= 0.3 is 0 Å². The third-order valence-electron chi connectivity index (χ3n) is 2.36. The van der Waals surface area contributed by atoms with Gasteiger partial charge < -0.3 is 5.73 Å². The Morgan fingerprint density at radius 2 is 2.38 bits per heavy atom. The molecule has 1 unspecified atom stereocenters. The maximum absolute atomic E-state index is 5.80. The third-order valence-corrected chi connectivity index (χ3v) is 3.24. The average Bonchev–Trinajstić information content (AvgIpc) is 2.84. The van der Waals surface area contributed by atoms with Crippen LogP contribution in [0.5, 0.6) is 0 Å². The van der Waals surface area contributed by atoms with Crippen LogP contribution in [0.1, 0.15) is 32.0 Å². The van der Waals surface area contributed by atoms with Gasteiger partial charge in [0.05, 0.1) is 11.4 Å². The number of hydrogen-bond donors (Lipinski definition) is 1. The van der Waals surface area contributed by atoms with E-state index in [0.29, 0.717) is 0 Å². The molecule has 2 aromatic rings. The molecule has 2 aromatic heterocycles. The van der Waals surface area contributed by atoms with Crippen molar-refractivity contribution >= 4 is 11.3 Å². The zero-order valence-electron chi connectivity index (χ0n) is 9.55. The number of rotatable bonds is 4. The first-order chi connectivity index (χ1) is 7.72. The molecule has 0 saturated carbocycles. The predicted molar refractivity (Wildman–Crippen MR) is 66.2 cm³/mol. The highest BCUT2D eigenvalue weighted by atomic mass is 32.1. The molecule has 86 valence electrons. The SMILES string of the molecule is CCCn1nccc1-c1nc(C(C)N)cs1. The molecule has 0 aliphatic carbocycles. The number of hydrogen-bond acceptors (Lipinski definition) is 4. The second-order valence-corrected chi connectivity index (χ2v) is 4.66. The van der Waals surface area contributed by atoms with Crippen LogP contribution in [-0.2, 0) is 6.54 Å². The molecule has 0 saturated heterocycles. The van der Waals surface area contributed by atoms with Gasteiger partial charge in [-0.05, 0) is 19.4 Å². The normalized spacial score (nSPS) is 12.9. The first-order valence-electron chi connectivity index (χ1n) is 5.45. The second-order valence-electron chi connectivity index (χ2n) is 3.81. The lowest BCUT2D eigenvalue weighted by atomic mass is 10.3. The van der Waals surface area contributed by atoms with Gasteiger partial charge in [-0.25, -0.2) is 4.98 Å². The molecule has 2 heterocycles. The molecule has 0 aliphatic heterocycles. The Balaban J connectivity index is 2.31. The lowest BCUT2D eigenvalue weighted by Crippen LogP contribution is -2.05. The van der Waals surface area contributed by atoms with Gasteiger partial charge in [0.1, 0.15) is 5.01 Å². The number of aryl methyl sites for hydroxylation is 1. The minimum atomic E-state index is -0.00690. The summed E-state index contributed by atoms with van der Waals surface area (Å²) in [6.07, 6.45) is 2.89. The molecule has 16 heavy (non-hydrogen) atoms. The van der Waals surface area contributed by atoms with Crippen molar-refractivity contribution < 1.29 is 0 Å². The first kappa shape index (κ1) is 11.3. The summed E-state index contributed by atoms with van der Waals surface area (Å²) in [6.45, 7) is 5.01. The molecular formula is C11H16N4S. The topological polar surface area (TPSA) is 56.7 Å². The van der Waals surface area contributed by atoms with Crippen molar-refractivity contribution in [1.82, 2.24) is 14.8 Å². The molecule has 0 bridgehead atoms. The molecule has 0 spiro atoms. The zero-order valence-corrected chi connectivity index (χ0v) is 10.4. The van der Waals surface area contributed by atoms with Crippen LogP contribution in [0.3, 0.4) is 0 Å². The summed E-state index contributed by atoms with van der Waals surface area (Å²) >= 11 is 1.62. The molecule has 5 heteroatoms. The lowest BCUT2D eigenvalue weighted by Gasteiger charge is -2.02. The molecule has 4 nitrogen and oxygen atoms in total. The van der Waals surface area contributed by atoms with E-state index in [4.69, 9.17) is 5.73 Å². The van der Waals surface area contributed by atoms with Gasteiger partial charge in [0.25, 0.3) is 0 Å². The molecule has 0 fully saturated rings. The maximum atomic E-state index is 5.80. The van der Waals surface area contributed by atoms with Crippen LogP contribution >= 0.6 is 11.3 Å². The molecule has 0 aliphatic rings. The van der Waals surface area contributed by atoms with Crippen molar-refractivity contribution in [1.29, 1.82) is 0 Å². The van der Waals surface area contributed by atoms with Crippen LogP contribution in [0, 0.1) is 0 Å². The van der Waals surface area contributed by atoms with Crippen LogP contribution in [0.2, 0.25) is 0 Å². The summed E-state index contributed by atoms with van der Waals surface area (Å²) in [5.74, 6) is 0. The predicted octanol–water partition coefficient (Wildman–Crippen LogP) is 2.44. The number of nitrogens with zero attached hydrogens (tertiary/aromatic N) is 3. The summed E-state index contributed by atoms with van der Waals surface area (Å²) in [5, 5.41) is 7.30. The second kappa shape index (κ2) is 4.76. The minimum absolute atomic E-state index is 0.00690. The maximum Gasteiger partial charge on any atom is 0.141 e. The van der Waals surface area contributed by atoms with Crippen LogP contribution in [-0.4, -0.2) is 14.8 Å². The van der Waals surface area contributed by atoms with Crippen molar-refractivity contribution in [3.63, 3.8) is 0 Å². The Kier molecular flexibility index (Phi) is 3.36. The van der Waals surface area contributed by atoms with Crippen molar-refractivity contribution in [2.24, 2.45) is 5.73 Å². The standard InChI is InChI=1S/C11H16N4S/c1-3-6-15-10(4-5-13-15)11-14-9(7-16-11)8(2)12/h4-5,7-8H,3,6,12H2,1-2H3. The highest BCUT2D eigenvalue weighted by Gasteiger charge is 2.11. The largest absolute Gasteiger partial charge is 0.323 e. The number of thiazole rings is 1. The Morgan fingerprint density at radius 1 is 1.56 bits per heavy atom. The van der Waals surface area contributed by atoms with E-state index >= 15 is 0 Å². The van der Waals surface area contributed by atoms with Crippen LogP contribution < -0.4 is 5.73 Å². The summed E-state index contributed by atoms with van der Waals surface area (Å²) in [6, 6.07) is 1.99. The van der Waals surface area contributed by atoms with Crippen LogP contribution in [0.4, 0.5) is 0 Å². The van der Waals surface area contributed by atoms with E-state index in [1.165, 1.54) is 0 Å². The fourth-order valence-electron chi connectivity index (χ4n) is 1.52. The first-order valence-corrected chi connectivity index (χ1v) is 6.33. The molecular weight excluding hydrogens is 220 g/mol. The molecule has 0 amide bonds. The molecule has 1 atom stereocenters. The van der Waals surface area contributed by atoms with E-state index < -0.39 is 0 Å². The monoisotopic (exact) mass is 236 g/mol. The zero-order chi connectivity index (χ0) is 11.5. The fourth-order valence-corrected chi connectivity index (χ4v) is 2.47. The highest BCUT2D eigenvalue weighted by Crippen LogP contribution is 2.25. The van der Waals surface area contributed by atoms with E-state index in [2.05, 4.69) is 17.0 Å². The van der Waals surface area contributed by atoms with Gasteiger partial charge in [-0.1, -0.05) is 6.92 Å². The van der Waals surface area contributed by atoms with Gasteiger partial charge in [0.15, 0.2) is 0 Å². The van der Waals surface area contributed by atoms with Gasteiger partial charge in [-0.3, -0.25) is 4.68 Å². The van der Waals surface area contributed by atoms with Crippen molar-refractivity contribution in [3.05, 3.63) is 23.3 Å². The Labute approximate surface area is 99.1 Å². The summed E-state index contributed by atoms with van der Waals surface area (Å²) in [7, 11) is 0. The summed E-state index contributed by atoms with van der Waals surface area (Å²) < 4.78 is 1.99. The highest BCUT2D eigenvalue weighted by molar-refractivity contribution is 7.13. The van der Waals surface area contributed by atoms with Gasteiger partial charge in [0, 0.05) is 24.2 Å². The van der Waals surface area contributed by atoms with Gasteiger partial charge in [-0.15, -0.1) is 11.3 Å². The smallest absolute Gasteiger partial charge is 0.141 e. The Morgan fingerprint density at radius 3 is 3.00 bits per heavy atom. The van der Waals surface area contributed by atoms with Gasteiger partial charge in [0.2, 0.25) is 0 Å². The van der Waals surface area contributed by atoms with Crippen molar-refractivity contribution in [2.45, 2.75) is 32.9 Å². The van der Waals surface area contributed by atoms with E-state index in [1.807, 2.05) is 29.2 Å². The molecule has 0 aromatic carbocycles. The molecule has 0 radical (unpaired) electrons. The Bertz CT molecular complexity index is 458. The minimum Gasteiger partial charge on any atom is -0.323 e. The van der Waals surface area contributed by atoms with Gasteiger partial charge in [-0.2, -0.15) is 5.10 Å².